The molecule has 2 unspecified atom stereocenters. The van der Waals surface area contributed by atoms with Gasteiger partial charge in [-0.05, 0) is 48.9 Å². The smallest absolute Gasteiger partial charge is 0.433 e. The molecule has 0 radical (unpaired) electrons. The molecule has 2 aromatic heterocycles. The van der Waals surface area contributed by atoms with E-state index in [0.717, 1.165) is 37.7 Å². The summed E-state index contributed by atoms with van der Waals surface area (Å²) in [7, 11) is 2.13. The van der Waals surface area contributed by atoms with Crippen LogP contribution in [-0.2, 0) is 42.1 Å². The van der Waals surface area contributed by atoms with Gasteiger partial charge >= 0.3 is 6.18 Å². The van der Waals surface area contributed by atoms with Crippen molar-refractivity contribution in [1.29, 1.82) is 0 Å². The Morgan fingerprint density at radius 3 is 2.83 bits per heavy atom. The van der Waals surface area contributed by atoms with E-state index in [9.17, 15) is 13.2 Å². The maximum Gasteiger partial charge on any atom is 0.433 e. The number of benzene rings is 1. The van der Waals surface area contributed by atoms with Crippen molar-refractivity contribution in [2.24, 2.45) is 7.05 Å². The van der Waals surface area contributed by atoms with Gasteiger partial charge in [0.15, 0.2) is 6.23 Å². The highest BCUT2D eigenvalue weighted by atomic mass is 19.4. The normalized spacial score (nSPS) is 21.7. The largest absolute Gasteiger partial charge is 0.489 e. The predicted octanol–water partition coefficient (Wildman–Crippen LogP) is 4.44. The molecule has 1 N–H and O–H groups in total. The highest BCUT2D eigenvalue weighted by molar-refractivity contribution is 5.89. The fourth-order valence-corrected chi connectivity index (χ4v) is 4.95. The van der Waals surface area contributed by atoms with E-state index in [-0.39, 0.29) is 18.9 Å². The molecule has 0 amide bonds. The molecule has 3 aliphatic heterocycles. The van der Waals surface area contributed by atoms with E-state index in [1.54, 1.807) is 0 Å². The minimum Gasteiger partial charge on any atom is -0.489 e. The summed E-state index contributed by atoms with van der Waals surface area (Å²) in [4.78, 5) is 5.58. The third-order valence-electron chi connectivity index (χ3n) is 6.83. The number of halogens is 3. The maximum absolute atomic E-state index is 12.7. The molecular weight excluding hydrogens is 457 g/mol. The number of allylic oxidation sites excluding steroid dienone is 1. The molecule has 0 spiro atoms. The van der Waals surface area contributed by atoms with Gasteiger partial charge in [0.1, 0.15) is 24.2 Å². The number of pyridine rings is 1. The molecule has 3 aliphatic rings. The lowest BCUT2D eigenvalue weighted by Gasteiger charge is -2.18. The Bertz CT molecular complexity index is 1330. The molecule has 5 heterocycles. The molecule has 2 atom stereocenters. The molecule has 3 aromatic rings. The molecule has 1 fully saturated rings. The summed E-state index contributed by atoms with van der Waals surface area (Å²) in [5.74, 6) is 0.610. The minimum absolute atomic E-state index is 0.111. The van der Waals surface area contributed by atoms with Gasteiger partial charge < -0.3 is 24.3 Å². The number of nitrogens with one attached hydrogen (secondary N) is 1. The lowest BCUT2D eigenvalue weighted by molar-refractivity contribution is -0.141. The highest BCUT2D eigenvalue weighted by Gasteiger charge is 2.43. The Morgan fingerprint density at radius 1 is 1.17 bits per heavy atom. The average molecular weight is 483 g/mol. The fourth-order valence-electron chi connectivity index (χ4n) is 4.95. The number of anilines is 1. The topological polar surface area (TPSA) is 54.9 Å². The van der Waals surface area contributed by atoms with Crippen molar-refractivity contribution >= 4 is 16.6 Å². The quantitative estimate of drug-likeness (QED) is 0.558. The average Bonchev–Trinajstić information content (AvgIpc) is 3.61. The van der Waals surface area contributed by atoms with Crippen LogP contribution < -0.4 is 10.2 Å². The summed E-state index contributed by atoms with van der Waals surface area (Å²) in [5.41, 5.74) is 4.72. The van der Waals surface area contributed by atoms with Crippen LogP contribution in [0.25, 0.3) is 10.9 Å². The van der Waals surface area contributed by atoms with E-state index in [4.69, 9.17) is 9.47 Å². The Kier molecular flexibility index (Phi) is 5.34. The van der Waals surface area contributed by atoms with E-state index >= 15 is 0 Å². The van der Waals surface area contributed by atoms with Crippen LogP contribution in [0, 0.1) is 0 Å². The Morgan fingerprint density at radius 2 is 2.03 bits per heavy atom. The second kappa shape index (κ2) is 8.42. The lowest BCUT2D eigenvalue weighted by Crippen LogP contribution is -2.20. The summed E-state index contributed by atoms with van der Waals surface area (Å²) >= 11 is 0. The molecule has 9 heteroatoms. The van der Waals surface area contributed by atoms with Gasteiger partial charge in [0.2, 0.25) is 0 Å². The van der Waals surface area contributed by atoms with Gasteiger partial charge in [0, 0.05) is 54.7 Å². The zero-order chi connectivity index (χ0) is 24.2. The first-order valence-electron chi connectivity index (χ1n) is 11.7. The summed E-state index contributed by atoms with van der Waals surface area (Å²) in [6.07, 6.45) is 4.27. The molecule has 1 saturated heterocycles. The minimum atomic E-state index is -4.45. The monoisotopic (exact) mass is 482 g/mol. The molecule has 6 nitrogen and oxygen atoms in total. The number of rotatable bonds is 4. The summed E-state index contributed by atoms with van der Waals surface area (Å²) < 4.78 is 52.2. The van der Waals surface area contributed by atoms with E-state index in [1.807, 2.05) is 18.4 Å². The molecule has 35 heavy (non-hydrogen) atoms. The number of aromatic nitrogens is 2. The van der Waals surface area contributed by atoms with E-state index in [2.05, 4.69) is 45.0 Å². The highest BCUT2D eigenvalue weighted by Crippen LogP contribution is 2.38. The van der Waals surface area contributed by atoms with Crippen molar-refractivity contribution in [3.8, 4) is 0 Å². The van der Waals surface area contributed by atoms with E-state index in [0.29, 0.717) is 11.3 Å². The van der Waals surface area contributed by atoms with Gasteiger partial charge in [0.25, 0.3) is 0 Å². The number of epoxide rings is 1. The van der Waals surface area contributed by atoms with Gasteiger partial charge in [-0.3, -0.25) is 4.98 Å². The molecule has 0 aliphatic carbocycles. The van der Waals surface area contributed by atoms with Crippen molar-refractivity contribution in [1.82, 2.24) is 14.9 Å². The standard InChI is InChI=1S/C26H25F3N4O2/c1-32-21-7-10-30-9-6-20(21)19-4-3-17(12-22(19)32)33-11-8-18(13-23-25(33)35-23)34-15-16-2-5-24(31-14-16)26(27,28)29/h2-5,8,11-14,23,25,30H,6-7,9-10,15H2,1H3. The van der Waals surface area contributed by atoms with Crippen LogP contribution in [0.2, 0.25) is 0 Å². The fraction of sp³-hybridized carbons (Fsp3) is 0.346. The van der Waals surface area contributed by atoms with Crippen molar-refractivity contribution < 1.29 is 22.6 Å². The third kappa shape index (κ3) is 4.19. The van der Waals surface area contributed by atoms with Crippen LogP contribution in [0.15, 0.2) is 60.6 Å². The van der Waals surface area contributed by atoms with Gasteiger partial charge in [0.05, 0.1) is 5.52 Å². The number of hydrogen-bond acceptors (Lipinski definition) is 5. The van der Waals surface area contributed by atoms with Crippen LogP contribution in [0.1, 0.15) is 22.5 Å². The number of fused-ring (bicyclic) bond motifs is 4. The number of alkyl halides is 3. The molecule has 6 rings (SSSR count). The predicted molar refractivity (Wildman–Crippen MR) is 126 cm³/mol. The summed E-state index contributed by atoms with van der Waals surface area (Å²) in [6, 6.07) is 8.89. The second-order valence-corrected chi connectivity index (χ2v) is 9.06. The van der Waals surface area contributed by atoms with Crippen LogP contribution in [0.5, 0.6) is 0 Å². The van der Waals surface area contributed by atoms with Gasteiger partial charge in [-0.2, -0.15) is 13.2 Å². The first-order valence-corrected chi connectivity index (χ1v) is 11.7. The van der Waals surface area contributed by atoms with Crippen LogP contribution in [-0.4, -0.2) is 35.0 Å². The molecular formula is C26H25F3N4O2. The van der Waals surface area contributed by atoms with Crippen LogP contribution >= 0.6 is 0 Å². The Hall–Kier alpha value is -3.30. The number of aryl methyl sites for hydroxylation is 1. The molecule has 182 valence electrons. The molecule has 0 bridgehead atoms. The van der Waals surface area contributed by atoms with E-state index < -0.39 is 11.9 Å². The van der Waals surface area contributed by atoms with Gasteiger partial charge in [-0.15, -0.1) is 0 Å². The zero-order valence-corrected chi connectivity index (χ0v) is 19.2. The van der Waals surface area contributed by atoms with Crippen molar-refractivity contribution in [2.45, 2.75) is 38.0 Å². The first kappa shape index (κ1) is 22.2. The van der Waals surface area contributed by atoms with Crippen LogP contribution in [0.4, 0.5) is 18.9 Å². The lowest BCUT2D eigenvalue weighted by atomic mass is 10.1. The molecule has 1 aromatic carbocycles. The zero-order valence-electron chi connectivity index (χ0n) is 19.2. The van der Waals surface area contributed by atoms with Crippen LogP contribution in [0.3, 0.4) is 0 Å². The SMILES string of the molecule is Cn1c2c(c3ccc(N4C=CC(OCc5ccc(C(F)(F)F)nc5)=CC5OC54)cc31)CCNCC2. The maximum atomic E-state index is 12.7. The van der Waals surface area contributed by atoms with Crippen molar-refractivity contribution in [3.63, 3.8) is 0 Å². The van der Waals surface area contributed by atoms with Crippen molar-refractivity contribution in [2.75, 3.05) is 18.0 Å². The van der Waals surface area contributed by atoms with Gasteiger partial charge in [-0.25, -0.2) is 0 Å². The number of nitrogens with zero attached hydrogens (tertiary/aromatic N) is 3. The van der Waals surface area contributed by atoms with E-state index in [1.165, 1.54) is 34.4 Å². The first-order chi connectivity index (χ1) is 16.9. The summed E-state index contributed by atoms with van der Waals surface area (Å²) in [6.45, 7) is 2.11. The van der Waals surface area contributed by atoms with Gasteiger partial charge in [-0.1, -0.05) is 12.1 Å². The Labute approximate surface area is 200 Å². The third-order valence-corrected chi connectivity index (χ3v) is 6.83. The second-order valence-electron chi connectivity index (χ2n) is 9.06. The Balaban J connectivity index is 1.19. The summed E-state index contributed by atoms with van der Waals surface area (Å²) in [5, 5.41) is 4.77. The molecule has 0 saturated carbocycles. The number of hydrogen-bond donors (Lipinski definition) is 1. The van der Waals surface area contributed by atoms with Crippen molar-refractivity contribution in [3.05, 3.63) is 83.2 Å². The number of ether oxygens (including phenoxy) is 2.